The maximum Gasteiger partial charge on any atom is 0.329 e. The second-order valence-corrected chi connectivity index (χ2v) is 27.1. The molecule has 1 heterocycles. The number of hydrogen-bond acceptors (Lipinski definition) is 16. The second-order valence-electron chi connectivity index (χ2n) is 27.1. The van der Waals surface area contributed by atoms with Crippen LogP contribution in [-0.2, 0) is 62.3 Å². The third-order valence-corrected chi connectivity index (χ3v) is 15.7. The molecule has 0 aliphatic carbocycles. The number of hydrogen-bond donors (Lipinski definition) is 14. The Bertz CT molecular complexity index is 2350. The van der Waals surface area contributed by atoms with Crippen molar-refractivity contribution in [2.24, 2.45) is 35.5 Å². The maximum atomic E-state index is 14.9. The van der Waals surface area contributed by atoms with E-state index in [1.165, 1.54) is 59.3 Å². The van der Waals surface area contributed by atoms with Gasteiger partial charge in [0.05, 0.1) is 25.7 Å². The molecule has 1 aliphatic rings. The Morgan fingerprint density at radius 3 is 1.29 bits per heavy atom. The van der Waals surface area contributed by atoms with Crippen molar-refractivity contribution in [3.8, 4) is 0 Å². The van der Waals surface area contributed by atoms with Gasteiger partial charge in [-0.05, 0) is 81.0 Å². The van der Waals surface area contributed by atoms with Crippen molar-refractivity contribution in [3.63, 3.8) is 0 Å². The largest absolute Gasteiger partial charge is 0.481 e. The molecular weight excluding hydrogens is 1190 g/mol. The van der Waals surface area contributed by atoms with E-state index in [2.05, 4.69) is 60.1 Å². The lowest BCUT2D eigenvalue weighted by molar-refractivity contribution is -0.157. The lowest BCUT2D eigenvalue weighted by Crippen LogP contribution is -2.63. The van der Waals surface area contributed by atoms with Crippen molar-refractivity contribution in [2.45, 2.75) is 292 Å². The van der Waals surface area contributed by atoms with E-state index in [0.29, 0.717) is 12.8 Å². The van der Waals surface area contributed by atoms with E-state index in [1.807, 2.05) is 0 Å². The van der Waals surface area contributed by atoms with Crippen molar-refractivity contribution >= 4 is 71.0 Å². The van der Waals surface area contributed by atoms with Crippen molar-refractivity contribution in [1.29, 1.82) is 0 Å². The van der Waals surface area contributed by atoms with Crippen LogP contribution in [0.25, 0.3) is 0 Å². The van der Waals surface area contributed by atoms with Gasteiger partial charge in [0.15, 0.2) is 0 Å². The van der Waals surface area contributed by atoms with E-state index < -0.39 is 182 Å². The summed E-state index contributed by atoms with van der Waals surface area (Å²) in [7, 11) is 0. The number of aliphatic hydroxyl groups is 3. The van der Waals surface area contributed by atoms with Crippen LogP contribution in [-0.4, -0.2) is 177 Å². The molecule has 12 atom stereocenters. The van der Waals surface area contributed by atoms with Crippen LogP contribution in [0.4, 0.5) is 0 Å². The fraction of sp³-hybridized carbons (Fsp3) is 0.815. The van der Waals surface area contributed by atoms with E-state index in [0.717, 1.165) is 25.7 Å². The summed E-state index contributed by atoms with van der Waals surface area (Å²) in [6.45, 7) is 21.6. The zero-order valence-corrected chi connectivity index (χ0v) is 57.3. The van der Waals surface area contributed by atoms with Gasteiger partial charge in [0.25, 0.3) is 0 Å². The monoisotopic (exact) mass is 1310 g/mol. The first kappa shape index (κ1) is 83.5. The average molecular weight is 1310 g/mol. The number of unbranched alkanes of at least 4 members (excludes halogenated alkanes) is 10. The Morgan fingerprint density at radius 2 is 0.880 bits per heavy atom. The third kappa shape index (κ3) is 32.9. The zero-order valence-electron chi connectivity index (χ0n) is 57.3. The summed E-state index contributed by atoms with van der Waals surface area (Å²) in [5.41, 5.74) is 0. The average Bonchev–Trinajstić information content (AvgIpc) is 0.992. The highest BCUT2D eigenvalue weighted by Crippen LogP contribution is 2.18. The Labute approximate surface area is 545 Å². The maximum absolute atomic E-state index is 14.9. The van der Waals surface area contributed by atoms with Gasteiger partial charge in [-0.25, -0.2) is 4.79 Å². The molecule has 12 unspecified atom stereocenters. The van der Waals surface area contributed by atoms with Crippen molar-refractivity contribution in [3.05, 3.63) is 0 Å². The molecule has 0 aromatic rings. The number of carbonyl (C=O) groups excluding carboxylic acids is 11. The van der Waals surface area contributed by atoms with Gasteiger partial charge in [0.1, 0.15) is 66.5 Å². The van der Waals surface area contributed by atoms with Crippen LogP contribution < -0.4 is 53.2 Å². The van der Waals surface area contributed by atoms with Crippen molar-refractivity contribution in [1.82, 2.24) is 53.2 Å². The fourth-order valence-electron chi connectivity index (χ4n) is 10.5. The van der Waals surface area contributed by atoms with Crippen LogP contribution >= 0.6 is 0 Å². The van der Waals surface area contributed by atoms with E-state index in [-0.39, 0.29) is 55.8 Å². The number of rotatable bonds is 34. The predicted octanol–water partition coefficient (Wildman–Crippen LogP) is 2.58. The summed E-state index contributed by atoms with van der Waals surface area (Å²) in [5.74, 6) is -14.8. The van der Waals surface area contributed by atoms with Crippen molar-refractivity contribution in [2.75, 3.05) is 13.2 Å². The van der Waals surface area contributed by atoms with E-state index in [4.69, 9.17) is 4.74 Å². The molecule has 1 rings (SSSR count). The number of cyclic esters (lactones) is 1. The summed E-state index contributed by atoms with van der Waals surface area (Å²) in [5, 5.41) is 66.9. The zero-order chi connectivity index (χ0) is 69.9. The van der Waals surface area contributed by atoms with Gasteiger partial charge in [0, 0.05) is 6.42 Å². The first-order valence-corrected chi connectivity index (χ1v) is 33.5. The number of aliphatic carboxylic acids is 1. The molecule has 1 fully saturated rings. The fourth-order valence-corrected chi connectivity index (χ4v) is 10.5. The normalized spacial score (nSPS) is 23.2. The van der Waals surface area contributed by atoms with E-state index in [1.54, 1.807) is 69.2 Å². The van der Waals surface area contributed by atoms with E-state index in [9.17, 15) is 78.0 Å². The number of nitrogens with one attached hydrogen (secondary N) is 10. The summed E-state index contributed by atoms with van der Waals surface area (Å²) >= 11 is 0. The topological polar surface area (TPSA) is 415 Å². The highest BCUT2D eigenvalue weighted by molar-refractivity contribution is 5.99. The van der Waals surface area contributed by atoms with Gasteiger partial charge >= 0.3 is 11.9 Å². The molecule has 92 heavy (non-hydrogen) atoms. The van der Waals surface area contributed by atoms with Crippen LogP contribution in [0.3, 0.4) is 0 Å². The molecule has 0 spiro atoms. The number of amides is 10. The Morgan fingerprint density at radius 1 is 0.478 bits per heavy atom. The Kier molecular flexibility index (Phi) is 40.1. The molecule has 0 bridgehead atoms. The minimum atomic E-state index is -1.99. The first-order chi connectivity index (χ1) is 43.1. The minimum Gasteiger partial charge on any atom is -0.481 e. The molecule has 27 nitrogen and oxygen atoms in total. The van der Waals surface area contributed by atoms with Gasteiger partial charge in [-0.2, -0.15) is 0 Å². The molecule has 27 heteroatoms. The molecule has 0 aromatic carbocycles. The van der Waals surface area contributed by atoms with Crippen LogP contribution in [0.15, 0.2) is 0 Å². The molecule has 10 amide bonds. The summed E-state index contributed by atoms with van der Waals surface area (Å²) in [6.07, 6.45) is 8.20. The van der Waals surface area contributed by atoms with Gasteiger partial charge < -0.3 is 78.3 Å². The number of carboxylic acid groups (broad SMARTS) is 1. The Hall–Kier alpha value is -6.48. The molecule has 0 saturated carbocycles. The second kappa shape index (κ2) is 44.2. The number of carbonyl (C=O) groups is 12. The molecule has 14 N–H and O–H groups in total. The highest BCUT2D eigenvalue weighted by Gasteiger charge is 2.41. The quantitative estimate of drug-likeness (QED) is 0.0325. The summed E-state index contributed by atoms with van der Waals surface area (Å²) < 4.78 is 5.83. The molecule has 0 radical (unpaired) electrons. The standard InChI is InChI=1S/C65H116N10O17/c1-15-16-17-18-19-20-21-22-23-24-25-26-43(78)33-51(79)66-45(29-36(2)3)57(83)67-44(27-28-52(80)81)56(82)75-55-42(14)92-65(91)54(41(12)13)74-62(88)50(35-77)72-59(85)47(31-38(6)7)68-58(84)46(30-37(4)5)69-61(87)49(34-76)71-60(86)48(32-39(8)9)70-63(89)53(40(10)11)73-64(55)90/h36-50,53-55,76-78H,15-35H2,1-14H3,(H,66,79)(H,67,83)(H,68,84)(H,69,87)(H,70,89)(H,71,86)(H,72,85)(H,73,90)(H,74,88)(H,75,82)(H,80,81). The summed E-state index contributed by atoms with van der Waals surface area (Å²) in [4.78, 5) is 168. The highest BCUT2D eigenvalue weighted by atomic mass is 16.5. The molecule has 1 aliphatic heterocycles. The lowest BCUT2D eigenvalue weighted by atomic mass is 9.98. The molecule has 0 aromatic heterocycles. The van der Waals surface area contributed by atoms with Gasteiger partial charge in [0.2, 0.25) is 59.1 Å². The van der Waals surface area contributed by atoms with E-state index >= 15 is 0 Å². The number of aliphatic hydroxyl groups excluding tert-OH is 3. The molecule has 528 valence electrons. The van der Waals surface area contributed by atoms with Gasteiger partial charge in [-0.3, -0.25) is 52.7 Å². The third-order valence-electron chi connectivity index (χ3n) is 15.7. The Balaban J connectivity index is 3.91. The SMILES string of the molecule is CCCCCCCCCCCCCC(O)CC(=O)NC(CC(C)C)C(=O)NC(CCC(=O)O)C(=O)NC1C(=O)NC(C(C)C)C(=O)NC(CC(C)C)C(=O)NC(CO)C(=O)NC(CC(C)C)C(=O)NC(CC(C)C)C(=O)NC(CO)C(=O)NC(C(C)C)C(=O)OC1C. The minimum absolute atomic E-state index is 0.00530. The van der Waals surface area contributed by atoms with Crippen LogP contribution in [0.1, 0.15) is 219 Å². The van der Waals surface area contributed by atoms with Gasteiger partial charge in [-0.1, -0.05) is 161 Å². The molecular formula is C65H116N10O17. The van der Waals surface area contributed by atoms with Crippen LogP contribution in [0.5, 0.6) is 0 Å². The number of esters is 1. The van der Waals surface area contributed by atoms with Crippen LogP contribution in [0, 0.1) is 35.5 Å². The number of ether oxygens (including phenoxy) is 1. The molecule has 1 saturated heterocycles. The number of carboxylic acids is 1. The predicted molar refractivity (Wildman–Crippen MR) is 345 cm³/mol. The lowest BCUT2D eigenvalue weighted by Gasteiger charge is -2.32. The summed E-state index contributed by atoms with van der Waals surface area (Å²) in [6, 6.07) is -15.7. The smallest absolute Gasteiger partial charge is 0.329 e. The van der Waals surface area contributed by atoms with Gasteiger partial charge in [-0.15, -0.1) is 0 Å². The van der Waals surface area contributed by atoms with Crippen LogP contribution in [0.2, 0.25) is 0 Å². The van der Waals surface area contributed by atoms with Crippen molar-refractivity contribution < 1.29 is 82.7 Å². The first-order valence-electron chi connectivity index (χ1n) is 33.5.